The normalized spacial score (nSPS) is 12.1. The highest BCUT2D eigenvalue weighted by molar-refractivity contribution is 5.93. The average molecular weight is 713 g/mol. The Labute approximate surface area is 288 Å². The van der Waals surface area contributed by atoms with Crippen LogP contribution in [-0.2, 0) is 4.74 Å². The number of ether oxygens (including phenoxy) is 3. The van der Waals surface area contributed by atoms with Crippen molar-refractivity contribution in [3.8, 4) is 22.6 Å². The van der Waals surface area contributed by atoms with E-state index in [1.807, 2.05) is 19.1 Å². The summed E-state index contributed by atoms with van der Waals surface area (Å²) >= 11 is 0. The van der Waals surface area contributed by atoms with Crippen LogP contribution in [0.15, 0.2) is 48.5 Å². The molecule has 0 aliphatic heterocycles. The van der Waals surface area contributed by atoms with E-state index >= 15 is 0 Å². The summed E-state index contributed by atoms with van der Waals surface area (Å²) < 4.78 is 114. The van der Waals surface area contributed by atoms with Gasteiger partial charge in [-0.25, -0.2) is 18.4 Å². The first kappa shape index (κ1) is 40.3. The summed E-state index contributed by atoms with van der Waals surface area (Å²) in [6, 6.07) is 12.8. The van der Waals surface area contributed by atoms with Gasteiger partial charge in [0.2, 0.25) is 17.4 Å². The fourth-order valence-electron chi connectivity index (χ4n) is 5.23. The number of hydrogen-bond acceptors (Lipinski definition) is 5. The second-order valence-corrected chi connectivity index (χ2v) is 12.1. The minimum Gasteiger partial charge on any atom is -0.494 e. The van der Waals surface area contributed by atoms with Crippen molar-refractivity contribution in [1.82, 2.24) is 0 Å². The van der Waals surface area contributed by atoms with Crippen molar-refractivity contribution >= 4 is 11.9 Å². The predicted molar refractivity (Wildman–Crippen MR) is 175 cm³/mol. The molecule has 0 heterocycles. The number of benzene rings is 3. The molecule has 50 heavy (non-hydrogen) atoms. The summed E-state index contributed by atoms with van der Waals surface area (Å²) in [5.74, 6) is -14.1. The molecule has 0 N–H and O–H groups in total. The second kappa shape index (κ2) is 19.9. The number of unbranched alkanes of at least 4 members (excludes halogenated alkanes) is 10. The highest BCUT2D eigenvalue weighted by Gasteiger charge is 2.44. The smallest absolute Gasteiger partial charge is 0.425 e. The molecule has 0 saturated carbocycles. The van der Waals surface area contributed by atoms with Crippen LogP contribution in [0.2, 0.25) is 0 Å². The van der Waals surface area contributed by atoms with Gasteiger partial charge in [0.05, 0.1) is 12.2 Å². The molecule has 3 rings (SSSR count). The van der Waals surface area contributed by atoms with Crippen LogP contribution < -0.4 is 9.47 Å². The molecule has 0 saturated heterocycles. The third-order valence-electron chi connectivity index (χ3n) is 8.13. The average Bonchev–Trinajstić information content (AvgIpc) is 3.09. The zero-order valence-electron chi connectivity index (χ0n) is 28.3. The first-order chi connectivity index (χ1) is 23.9. The van der Waals surface area contributed by atoms with Gasteiger partial charge >= 0.3 is 18.1 Å². The summed E-state index contributed by atoms with van der Waals surface area (Å²) in [7, 11) is 0. The van der Waals surface area contributed by atoms with Crippen LogP contribution in [0.3, 0.4) is 0 Å². The van der Waals surface area contributed by atoms with E-state index in [4.69, 9.17) is 4.74 Å². The van der Waals surface area contributed by atoms with Crippen molar-refractivity contribution < 1.29 is 54.5 Å². The molecule has 0 spiro atoms. The highest BCUT2D eigenvalue weighted by atomic mass is 19.4. The van der Waals surface area contributed by atoms with Gasteiger partial charge in [0.25, 0.3) is 0 Å². The summed E-state index contributed by atoms with van der Waals surface area (Å²) in [5, 5.41) is 0. The van der Waals surface area contributed by atoms with Crippen molar-refractivity contribution in [3.05, 3.63) is 82.9 Å². The quantitative estimate of drug-likeness (QED) is 0.0384. The minimum absolute atomic E-state index is 0.0183. The number of carbonyl (C=O) groups is 2. The molecule has 3 aromatic rings. The zero-order chi connectivity index (χ0) is 36.7. The molecule has 1 unspecified atom stereocenters. The van der Waals surface area contributed by atoms with Crippen LogP contribution >= 0.6 is 0 Å². The molecule has 5 nitrogen and oxygen atoms in total. The van der Waals surface area contributed by atoms with Gasteiger partial charge in [-0.15, -0.1) is 0 Å². The lowest BCUT2D eigenvalue weighted by Gasteiger charge is -2.21. The van der Waals surface area contributed by atoms with E-state index in [0.29, 0.717) is 37.2 Å². The Balaban J connectivity index is 1.61. The number of alkyl halides is 3. The molecule has 0 fully saturated rings. The first-order valence-electron chi connectivity index (χ1n) is 17.1. The van der Waals surface area contributed by atoms with Crippen LogP contribution in [0.5, 0.6) is 11.5 Å². The summed E-state index contributed by atoms with van der Waals surface area (Å²) in [4.78, 5) is 25.0. The molecule has 0 aliphatic rings. The third kappa shape index (κ3) is 11.8. The van der Waals surface area contributed by atoms with Gasteiger partial charge in [-0.05, 0) is 54.7 Å². The second-order valence-electron chi connectivity index (χ2n) is 12.1. The summed E-state index contributed by atoms with van der Waals surface area (Å²) in [5.41, 5.74) is -0.826. The summed E-state index contributed by atoms with van der Waals surface area (Å²) in [6.45, 7) is 4.62. The standard InChI is InChI=1S/C38H43F7O5/c1-3-5-7-9-10-11-12-14-24-48-28-22-20-26(21-23-28)25-16-18-27(19-17-25)36(46)50-35-33(41)31(39)30(32(40)34(35)42)37(47)49-29(38(43,44)45)15-13-8-6-4-2/h16-23,29H,3-15,24H2,1-2H3. The fraction of sp³-hybridized carbons (Fsp3) is 0.474. The minimum atomic E-state index is -5.10. The number of carbonyl (C=O) groups excluding carboxylic acids is 2. The number of rotatable bonds is 20. The van der Waals surface area contributed by atoms with E-state index in [1.54, 1.807) is 12.1 Å². The van der Waals surface area contributed by atoms with Gasteiger partial charge in [0.1, 0.15) is 11.3 Å². The maximum Gasteiger partial charge on any atom is 0.425 e. The lowest BCUT2D eigenvalue weighted by molar-refractivity contribution is -0.206. The third-order valence-corrected chi connectivity index (χ3v) is 8.13. The Morgan fingerprint density at radius 2 is 1.10 bits per heavy atom. The molecular formula is C38H43F7O5. The Bertz CT molecular complexity index is 1490. The number of hydrogen-bond donors (Lipinski definition) is 0. The van der Waals surface area contributed by atoms with Gasteiger partial charge < -0.3 is 14.2 Å². The molecule has 12 heteroatoms. The topological polar surface area (TPSA) is 61.8 Å². The van der Waals surface area contributed by atoms with Crippen LogP contribution in [0, 0.1) is 23.3 Å². The first-order valence-corrected chi connectivity index (χ1v) is 17.1. The van der Waals surface area contributed by atoms with E-state index in [9.17, 15) is 40.3 Å². The lowest BCUT2D eigenvalue weighted by atomic mass is 10.0. The molecule has 0 bridgehead atoms. The highest BCUT2D eigenvalue weighted by Crippen LogP contribution is 2.34. The van der Waals surface area contributed by atoms with Gasteiger partial charge in [0, 0.05) is 0 Å². The van der Waals surface area contributed by atoms with Crippen LogP contribution in [0.4, 0.5) is 30.7 Å². The van der Waals surface area contributed by atoms with E-state index in [0.717, 1.165) is 18.4 Å². The van der Waals surface area contributed by atoms with E-state index < -0.39 is 65.2 Å². The molecule has 0 aliphatic carbocycles. The Kier molecular flexibility index (Phi) is 16.1. The maximum atomic E-state index is 14.8. The monoisotopic (exact) mass is 712 g/mol. The van der Waals surface area contributed by atoms with Gasteiger partial charge in [-0.2, -0.15) is 22.0 Å². The Hall–Kier alpha value is -4.09. The molecule has 3 aromatic carbocycles. The largest absolute Gasteiger partial charge is 0.494 e. The fourth-order valence-corrected chi connectivity index (χ4v) is 5.23. The lowest BCUT2D eigenvalue weighted by Crippen LogP contribution is -2.34. The molecule has 0 radical (unpaired) electrons. The molecule has 0 aromatic heterocycles. The molecule has 1 atom stereocenters. The van der Waals surface area contributed by atoms with Crippen molar-refractivity contribution in [2.75, 3.05) is 6.61 Å². The van der Waals surface area contributed by atoms with E-state index in [-0.39, 0.29) is 12.0 Å². The van der Waals surface area contributed by atoms with Crippen LogP contribution in [0.25, 0.3) is 11.1 Å². The Morgan fingerprint density at radius 1 is 0.620 bits per heavy atom. The number of halogens is 7. The van der Waals surface area contributed by atoms with Crippen molar-refractivity contribution in [2.24, 2.45) is 0 Å². The SMILES string of the molecule is CCCCCCCCCCOc1ccc(-c2ccc(C(=O)Oc3c(F)c(F)c(C(=O)OC(CCCCCC)C(F)(F)F)c(F)c3F)cc2)cc1. The molecule has 0 amide bonds. The van der Waals surface area contributed by atoms with Gasteiger partial charge in [0.15, 0.2) is 17.7 Å². The van der Waals surface area contributed by atoms with Crippen molar-refractivity contribution in [1.29, 1.82) is 0 Å². The zero-order valence-corrected chi connectivity index (χ0v) is 28.3. The van der Waals surface area contributed by atoms with Crippen LogP contribution in [0.1, 0.15) is 118 Å². The molecular weight excluding hydrogens is 669 g/mol. The number of esters is 2. The molecule has 274 valence electrons. The van der Waals surface area contributed by atoms with E-state index in [2.05, 4.69) is 16.4 Å². The van der Waals surface area contributed by atoms with E-state index in [1.165, 1.54) is 62.8 Å². The van der Waals surface area contributed by atoms with Crippen molar-refractivity contribution in [3.63, 3.8) is 0 Å². The van der Waals surface area contributed by atoms with Gasteiger partial charge in [-0.3, -0.25) is 0 Å². The summed E-state index contributed by atoms with van der Waals surface area (Å²) in [6.07, 6.45) is 2.64. The Morgan fingerprint density at radius 3 is 1.62 bits per heavy atom. The van der Waals surface area contributed by atoms with Gasteiger partial charge in [-0.1, -0.05) is 102 Å². The predicted octanol–water partition coefficient (Wildman–Crippen LogP) is 11.7. The van der Waals surface area contributed by atoms with Crippen molar-refractivity contribution in [2.45, 2.75) is 110 Å². The van der Waals surface area contributed by atoms with Crippen LogP contribution in [-0.4, -0.2) is 30.8 Å². The maximum absolute atomic E-state index is 14.8.